The Kier molecular flexibility index (Phi) is 93.2. The molecule has 176 valence electrons. The third-order valence-corrected chi connectivity index (χ3v) is 0. The summed E-state index contributed by atoms with van der Waals surface area (Å²) in [7, 11) is 0. The van der Waals surface area contributed by atoms with Crippen LogP contribution in [0.4, 0.5) is 0 Å². The van der Waals surface area contributed by atoms with Gasteiger partial charge in [0.2, 0.25) is 0 Å². The van der Waals surface area contributed by atoms with E-state index >= 15 is 0 Å². The standard InChI is InChI=1S/Mo.7NO3.Rh/c;7*2-1(3)4;/q+4;7*-1;+3. The first-order chi connectivity index (χ1) is 12.1. The minimum absolute atomic E-state index is 0. The van der Waals surface area contributed by atoms with Crippen molar-refractivity contribution in [2.24, 2.45) is 0 Å². The maximum absolute atomic E-state index is 8.25. The van der Waals surface area contributed by atoms with Gasteiger partial charge in [-0.15, -0.1) is 0 Å². The average molecular weight is 633 g/mol. The molecule has 0 aliphatic heterocycles. The zero-order valence-corrected chi connectivity index (χ0v) is 16.1. The maximum Gasteiger partial charge on any atom is 4.00 e. The van der Waals surface area contributed by atoms with Gasteiger partial charge in [-0.25, -0.2) is 0 Å². The van der Waals surface area contributed by atoms with Crippen molar-refractivity contribution in [3.05, 3.63) is 107 Å². The number of hydrogen-bond donors (Lipinski definition) is 0. The summed E-state index contributed by atoms with van der Waals surface area (Å²) in [6, 6.07) is 0. The first-order valence-electron chi connectivity index (χ1n) is 3.83. The normalized spacial score (nSPS) is 5.60. The summed E-state index contributed by atoms with van der Waals surface area (Å²) in [4.78, 5) is 57.8. The fourth-order valence-electron chi connectivity index (χ4n) is 0. The smallest absolute Gasteiger partial charge is 0.356 e. The van der Waals surface area contributed by atoms with Gasteiger partial charge >= 0.3 is 40.5 Å². The van der Waals surface area contributed by atoms with Crippen LogP contribution >= 0.6 is 0 Å². The van der Waals surface area contributed by atoms with Gasteiger partial charge in [-0.3, -0.25) is 0 Å². The third-order valence-electron chi connectivity index (χ3n) is 0. The number of rotatable bonds is 0. The number of nitrogens with zero attached hydrogens (tertiary/aromatic N) is 7. The van der Waals surface area contributed by atoms with E-state index in [-0.39, 0.29) is 40.5 Å². The summed E-state index contributed by atoms with van der Waals surface area (Å²) in [5.41, 5.74) is 0. The summed E-state index contributed by atoms with van der Waals surface area (Å²) in [5, 5.41) is 103. The molecule has 0 aliphatic carbocycles. The first kappa shape index (κ1) is 56.2. The Morgan fingerprint density at radius 1 is 0.267 bits per heavy atom. The summed E-state index contributed by atoms with van der Waals surface area (Å²) >= 11 is 0. The second-order valence-corrected chi connectivity index (χ2v) is 1.57. The van der Waals surface area contributed by atoms with Gasteiger partial charge in [0.1, 0.15) is 0 Å². The Morgan fingerprint density at radius 2 is 0.267 bits per heavy atom. The molecule has 0 N–H and O–H groups in total. The second kappa shape index (κ2) is 49.7. The summed E-state index contributed by atoms with van der Waals surface area (Å²) in [6.45, 7) is 0. The summed E-state index contributed by atoms with van der Waals surface area (Å²) in [5.74, 6) is 0. The quantitative estimate of drug-likeness (QED) is 0.163. The van der Waals surface area contributed by atoms with Crippen molar-refractivity contribution in [3.8, 4) is 0 Å². The molecule has 30 heteroatoms. The molecule has 0 aromatic carbocycles. The Balaban J connectivity index is -0.0000000242. The predicted octanol–water partition coefficient (Wildman–Crippen LogP) is -1.68. The van der Waals surface area contributed by atoms with E-state index in [4.69, 9.17) is 107 Å². The van der Waals surface area contributed by atoms with E-state index in [1.807, 2.05) is 0 Å². The van der Waals surface area contributed by atoms with Gasteiger partial charge in [-0.2, -0.15) is 0 Å². The molecule has 0 atom stereocenters. The molecule has 30 heavy (non-hydrogen) atoms. The molecule has 0 saturated carbocycles. The Bertz CT molecular complexity index is 314. The van der Waals surface area contributed by atoms with E-state index in [1.54, 1.807) is 0 Å². The van der Waals surface area contributed by atoms with Crippen molar-refractivity contribution in [1.82, 2.24) is 0 Å². The van der Waals surface area contributed by atoms with Crippen LogP contribution < -0.4 is 0 Å². The van der Waals surface area contributed by atoms with E-state index in [0.717, 1.165) is 0 Å². The molecule has 0 unspecified atom stereocenters. The van der Waals surface area contributed by atoms with Gasteiger partial charge in [0.25, 0.3) is 0 Å². The van der Waals surface area contributed by atoms with Gasteiger partial charge in [-0.1, -0.05) is 0 Å². The van der Waals surface area contributed by atoms with Crippen LogP contribution in [0.5, 0.6) is 0 Å². The Hall–Kier alpha value is -4.29. The van der Waals surface area contributed by atoms with Crippen molar-refractivity contribution in [2.45, 2.75) is 0 Å². The zero-order valence-electron chi connectivity index (χ0n) is 12.4. The predicted molar refractivity (Wildman–Crippen MR) is 72.5 cm³/mol. The minimum Gasteiger partial charge on any atom is -0.356 e. The third kappa shape index (κ3) is 665. The largest absolute Gasteiger partial charge is 4.00 e. The average Bonchev–Trinajstić information content (AvgIpc) is 2.20. The second-order valence-electron chi connectivity index (χ2n) is 1.57. The first-order valence-corrected chi connectivity index (χ1v) is 3.83. The van der Waals surface area contributed by atoms with E-state index in [1.165, 1.54) is 0 Å². The SMILES string of the molecule is O=[N+]([O-])[O-].O=[N+]([O-])[O-].O=[N+]([O-])[O-].O=[N+]([O-])[O-].O=[N+]([O-])[O-].O=[N+]([O-])[O-].O=[N+]([O-])[O-].[Mo+4].[Rh+3]. The van der Waals surface area contributed by atoms with Crippen LogP contribution in [0.25, 0.3) is 0 Å². The van der Waals surface area contributed by atoms with Gasteiger partial charge < -0.3 is 107 Å². The van der Waals surface area contributed by atoms with Crippen LogP contribution in [-0.4, -0.2) is 35.6 Å². The number of hydrogen-bond acceptors (Lipinski definition) is 21. The van der Waals surface area contributed by atoms with Gasteiger partial charge in [0.15, 0.2) is 0 Å². The van der Waals surface area contributed by atoms with Gasteiger partial charge in [-0.05, 0) is 0 Å². The fraction of sp³-hybridized carbons (Fsp3) is 0. The van der Waals surface area contributed by atoms with Crippen molar-refractivity contribution < 1.29 is 76.1 Å². The van der Waals surface area contributed by atoms with Crippen molar-refractivity contribution >= 4 is 0 Å². The molecule has 0 saturated heterocycles. The fourth-order valence-corrected chi connectivity index (χ4v) is 0. The van der Waals surface area contributed by atoms with Crippen molar-refractivity contribution in [1.29, 1.82) is 0 Å². The molecule has 0 bridgehead atoms. The van der Waals surface area contributed by atoms with Crippen LogP contribution in [0.1, 0.15) is 0 Å². The van der Waals surface area contributed by atoms with Crippen LogP contribution in [-0.2, 0) is 40.5 Å². The van der Waals surface area contributed by atoms with Crippen molar-refractivity contribution in [2.75, 3.05) is 0 Å². The van der Waals surface area contributed by atoms with E-state index < -0.39 is 35.6 Å². The molecule has 0 radical (unpaired) electrons. The minimum atomic E-state index is -1.75. The molecule has 0 spiro atoms. The van der Waals surface area contributed by atoms with Gasteiger partial charge in [0, 0.05) is 0 Å². The van der Waals surface area contributed by atoms with E-state index in [0.29, 0.717) is 0 Å². The van der Waals surface area contributed by atoms with Gasteiger partial charge in [0.05, 0.1) is 35.6 Å². The molecule has 0 aromatic heterocycles. The summed E-state index contributed by atoms with van der Waals surface area (Å²) in [6.07, 6.45) is 0. The van der Waals surface area contributed by atoms with Crippen LogP contribution in [0.3, 0.4) is 0 Å². The molecule has 0 aliphatic rings. The molecular formula is MoN7O21Rh. The van der Waals surface area contributed by atoms with E-state index in [9.17, 15) is 0 Å². The summed E-state index contributed by atoms with van der Waals surface area (Å²) < 4.78 is 0. The molecule has 28 nitrogen and oxygen atoms in total. The van der Waals surface area contributed by atoms with Crippen molar-refractivity contribution in [3.63, 3.8) is 0 Å². The molecule has 0 amide bonds. The Morgan fingerprint density at radius 3 is 0.267 bits per heavy atom. The molecular weight excluding hydrogens is 633 g/mol. The van der Waals surface area contributed by atoms with Crippen LogP contribution in [0, 0.1) is 107 Å². The molecule has 0 aromatic rings. The topological polar surface area (TPSA) is 463 Å². The molecule has 0 fully saturated rings. The van der Waals surface area contributed by atoms with E-state index in [2.05, 4.69) is 0 Å². The zero-order chi connectivity index (χ0) is 25.0. The molecule has 0 heterocycles. The van der Waals surface area contributed by atoms with Crippen LogP contribution in [0.2, 0.25) is 0 Å². The monoisotopic (exact) mass is 635 g/mol. The molecule has 0 rings (SSSR count). The Labute approximate surface area is 183 Å². The maximum atomic E-state index is 8.25. The van der Waals surface area contributed by atoms with Crippen LogP contribution in [0.15, 0.2) is 0 Å².